The van der Waals surface area contributed by atoms with Crippen LogP contribution in [0.4, 0.5) is 4.79 Å². The molecule has 2 N–H and O–H groups in total. The molecule has 6 heteroatoms. The van der Waals surface area contributed by atoms with Gasteiger partial charge in [-0.3, -0.25) is 4.84 Å². The summed E-state index contributed by atoms with van der Waals surface area (Å²) < 4.78 is 5.42. The minimum atomic E-state index is -0.417. The summed E-state index contributed by atoms with van der Waals surface area (Å²) in [5, 5.41) is 3.29. The Balaban J connectivity index is 1.56. The fraction of sp³-hybridized carbons (Fsp3) is 0.188. The van der Waals surface area contributed by atoms with E-state index in [0.717, 1.165) is 11.3 Å². The number of hydrogen-bond acceptors (Lipinski definition) is 3. The van der Waals surface area contributed by atoms with Gasteiger partial charge < -0.3 is 10.1 Å². The number of carbonyl (C=O) groups excluding carboxylic acids is 1. The summed E-state index contributed by atoms with van der Waals surface area (Å²) in [5.74, 6) is 0.761. The third-order valence-corrected chi connectivity index (χ3v) is 2.94. The van der Waals surface area contributed by atoms with Gasteiger partial charge in [0.2, 0.25) is 0 Å². The quantitative estimate of drug-likeness (QED) is 0.608. The molecule has 0 atom stereocenters. The molecule has 2 rings (SSSR count). The number of hydroxylamine groups is 1. The Kier molecular flexibility index (Phi) is 6.54. The largest absolute Gasteiger partial charge is 0.491 e. The molecule has 0 saturated heterocycles. The number of rotatable bonds is 7. The van der Waals surface area contributed by atoms with Crippen molar-refractivity contribution in [3.63, 3.8) is 0 Å². The Morgan fingerprint density at radius 1 is 1.05 bits per heavy atom. The predicted molar refractivity (Wildman–Crippen MR) is 84.7 cm³/mol. The molecule has 0 saturated carbocycles. The van der Waals surface area contributed by atoms with Crippen LogP contribution in [-0.2, 0) is 11.4 Å². The maximum absolute atomic E-state index is 11.5. The number of halogens is 1. The Hall–Kier alpha value is -2.24. The molecule has 22 heavy (non-hydrogen) atoms. The maximum atomic E-state index is 11.5. The molecule has 2 aromatic rings. The van der Waals surface area contributed by atoms with E-state index in [4.69, 9.17) is 21.2 Å². The molecule has 2 aromatic carbocycles. The highest BCUT2D eigenvalue weighted by Gasteiger charge is 2.01. The van der Waals surface area contributed by atoms with Gasteiger partial charge in [0.05, 0.1) is 0 Å². The highest BCUT2D eigenvalue weighted by molar-refractivity contribution is 6.30. The van der Waals surface area contributed by atoms with Gasteiger partial charge in [-0.25, -0.2) is 10.3 Å². The lowest BCUT2D eigenvalue weighted by Gasteiger charge is -2.09. The van der Waals surface area contributed by atoms with Gasteiger partial charge in [-0.1, -0.05) is 41.9 Å². The lowest BCUT2D eigenvalue weighted by atomic mass is 10.2. The minimum absolute atomic E-state index is 0.249. The van der Waals surface area contributed by atoms with Gasteiger partial charge in [-0.15, -0.1) is 0 Å². The van der Waals surface area contributed by atoms with E-state index in [-0.39, 0.29) is 6.61 Å². The second kappa shape index (κ2) is 8.92. The van der Waals surface area contributed by atoms with Crippen LogP contribution < -0.4 is 15.5 Å². The Morgan fingerprint density at radius 2 is 1.86 bits per heavy atom. The third kappa shape index (κ3) is 6.03. The molecule has 0 radical (unpaired) electrons. The Labute approximate surface area is 134 Å². The summed E-state index contributed by atoms with van der Waals surface area (Å²) in [6.45, 7) is 0.967. The molecule has 0 bridgehead atoms. The second-order valence-electron chi connectivity index (χ2n) is 4.42. The van der Waals surface area contributed by atoms with E-state index in [1.54, 1.807) is 12.1 Å². The number of ether oxygens (including phenoxy) is 1. The van der Waals surface area contributed by atoms with Gasteiger partial charge in [-0.2, -0.15) is 0 Å². The van der Waals surface area contributed by atoms with Crippen LogP contribution in [0.2, 0.25) is 5.02 Å². The van der Waals surface area contributed by atoms with E-state index < -0.39 is 6.03 Å². The Morgan fingerprint density at radius 3 is 2.64 bits per heavy atom. The van der Waals surface area contributed by atoms with Crippen LogP contribution in [0.25, 0.3) is 0 Å². The zero-order valence-corrected chi connectivity index (χ0v) is 12.7. The SMILES string of the molecule is O=C(NCc1cccc(Cl)c1)NOCCOc1ccccc1. The predicted octanol–water partition coefficient (Wildman–Crippen LogP) is 3.15. The monoisotopic (exact) mass is 320 g/mol. The van der Waals surface area contributed by atoms with E-state index in [1.807, 2.05) is 42.5 Å². The van der Waals surface area contributed by atoms with Gasteiger partial charge in [-0.05, 0) is 29.8 Å². The van der Waals surface area contributed by atoms with Gasteiger partial charge >= 0.3 is 6.03 Å². The molecular weight excluding hydrogens is 304 g/mol. The van der Waals surface area contributed by atoms with Crippen LogP contribution in [0.1, 0.15) is 5.56 Å². The lowest BCUT2D eigenvalue weighted by Crippen LogP contribution is -2.35. The number of benzene rings is 2. The maximum Gasteiger partial charge on any atom is 0.338 e. The normalized spacial score (nSPS) is 10.0. The molecule has 116 valence electrons. The van der Waals surface area contributed by atoms with Crippen molar-refractivity contribution >= 4 is 17.6 Å². The van der Waals surface area contributed by atoms with E-state index >= 15 is 0 Å². The molecule has 0 aromatic heterocycles. The first kappa shape index (κ1) is 16.1. The molecule has 0 heterocycles. The van der Waals surface area contributed by atoms with E-state index in [0.29, 0.717) is 18.2 Å². The van der Waals surface area contributed by atoms with Crippen molar-refractivity contribution in [3.8, 4) is 5.75 Å². The minimum Gasteiger partial charge on any atom is -0.491 e. The summed E-state index contributed by atoms with van der Waals surface area (Å²) >= 11 is 5.86. The number of hydrogen-bond donors (Lipinski definition) is 2. The second-order valence-corrected chi connectivity index (χ2v) is 4.86. The molecule has 0 fully saturated rings. The smallest absolute Gasteiger partial charge is 0.338 e. The van der Waals surface area contributed by atoms with Crippen LogP contribution in [0.5, 0.6) is 5.75 Å². The van der Waals surface area contributed by atoms with Crippen LogP contribution in [-0.4, -0.2) is 19.2 Å². The van der Waals surface area contributed by atoms with Crippen molar-refractivity contribution in [2.45, 2.75) is 6.54 Å². The summed E-state index contributed by atoms with van der Waals surface area (Å²) in [6, 6.07) is 16.2. The number of nitrogens with one attached hydrogen (secondary N) is 2. The highest BCUT2D eigenvalue weighted by atomic mass is 35.5. The van der Waals surface area contributed by atoms with Crippen LogP contribution in [0.3, 0.4) is 0 Å². The summed E-state index contributed by atoms with van der Waals surface area (Å²) in [5.41, 5.74) is 3.20. The average Bonchev–Trinajstić information content (AvgIpc) is 2.54. The first-order valence-corrected chi connectivity index (χ1v) is 7.20. The fourth-order valence-corrected chi connectivity index (χ4v) is 1.91. The Bertz CT molecular complexity index is 593. The molecule has 5 nitrogen and oxygen atoms in total. The topological polar surface area (TPSA) is 59.6 Å². The molecule has 0 unspecified atom stereocenters. The standard InChI is InChI=1S/C16H17ClN2O3/c17-14-6-4-5-13(11-14)12-18-16(20)19-22-10-9-21-15-7-2-1-3-8-15/h1-8,11H,9-10,12H2,(H2,18,19,20). The third-order valence-electron chi connectivity index (χ3n) is 2.70. The summed E-state index contributed by atoms with van der Waals surface area (Å²) in [7, 11) is 0. The number of amides is 2. The molecule has 0 spiro atoms. The van der Waals surface area contributed by atoms with E-state index in [2.05, 4.69) is 10.8 Å². The fourth-order valence-electron chi connectivity index (χ4n) is 1.70. The molecular formula is C16H17ClN2O3. The van der Waals surface area contributed by atoms with E-state index in [1.165, 1.54) is 0 Å². The molecule has 0 aliphatic heterocycles. The van der Waals surface area contributed by atoms with Gasteiger partial charge in [0.15, 0.2) is 0 Å². The highest BCUT2D eigenvalue weighted by Crippen LogP contribution is 2.10. The molecule has 2 amide bonds. The van der Waals surface area contributed by atoms with Crippen molar-refractivity contribution in [1.82, 2.24) is 10.8 Å². The van der Waals surface area contributed by atoms with Gasteiger partial charge in [0.1, 0.15) is 19.0 Å². The van der Waals surface area contributed by atoms with Gasteiger partial charge in [0.25, 0.3) is 0 Å². The number of carbonyl (C=O) groups is 1. The van der Waals surface area contributed by atoms with Crippen LogP contribution in [0.15, 0.2) is 54.6 Å². The van der Waals surface area contributed by atoms with E-state index in [9.17, 15) is 4.79 Å². The van der Waals surface area contributed by atoms with Crippen molar-refractivity contribution < 1.29 is 14.4 Å². The first-order valence-electron chi connectivity index (χ1n) is 6.82. The zero-order chi connectivity index (χ0) is 15.6. The number of urea groups is 1. The molecule has 0 aliphatic rings. The summed E-state index contributed by atoms with van der Waals surface area (Å²) in [6.07, 6.45) is 0. The van der Waals surface area contributed by atoms with Crippen LogP contribution in [0, 0.1) is 0 Å². The van der Waals surface area contributed by atoms with Crippen LogP contribution >= 0.6 is 11.6 Å². The van der Waals surface area contributed by atoms with Crippen molar-refractivity contribution in [3.05, 3.63) is 65.2 Å². The van der Waals surface area contributed by atoms with Crippen molar-refractivity contribution in [1.29, 1.82) is 0 Å². The van der Waals surface area contributed by atoms with Crippen molar-refractivity contribution in [2.75, 3.05) is 13.2 Å². The summed E-state index contributed by atoms with van der Waals surface area (Å²) in [4.78, 5) is 16.5. The average molecular weight is 321 g/mol. The lowest BCUT2D eigenvalue weighted by molar-refractivity contribution is 0.0414. The zero-order valence-electron chi connectivity index (χ0n) is 11.9. The number of para-hydroxylation sites is 1. The first-order chi connectivity index (χ1) is 10.7. The van der Waals surface area contributed by atoms with Gasteiger partial charge in [0, 0.05) is 11.6 Å². The molecule has 0 aliphatic carbocycles. The van der Waals surface area contributed by atoms with Crippen molar-refractivity contribution in [2.24, 2.45) is 0 Å².